The first-order valence-electron chi connectivity index (χ1n) is 4.77. The molecule has 0 fully saturated rings. The van der Waals surface area contributed by atoms with Crippen molar-refractivity contribution in [1.29, 1.82) is 0 Å². The second-order valence-corrected chi connectivity index (χ2v) is 3.02. The molecule has 0 unspecified atom stereocenters. The van der Waals surface area contributed by atoms with Gasteiger partial charge in [-0.2, -0.15) is 0 Å². The van der Waals surface area contributed by atoms with E-state index in [1.807, 2.05) is 0 Å². The molecule has 0 spiro atoms. The Morgan fingerprint density at radius 2 is 2.06 bits per heavy atom. The van der Waals surface area contributed by atoms with Crippen LogP contribution in [0, 0.1) is 20.2 Å². The van der Waals surface area contributed by atoms with Gasteiger partial charge in [0.05, 0.1) is 16.5 Å². The number of benzene rings is 1. The third kappa shape index (κ3) is 3.56. The quantitative estimate of drug-likeness (QED) is 0.579. The lowest BCUT2D eigenvalue weighted by Gasteiger charge is -2.04. The van der Waals surface area contributed by atoms with Gasteiger partial charge in [-0.1, -0.05) is 6.07 Å². The van der Waals surface area contributed by atoms with Crippen LogP contribution in [-0.2, 0) is 0 Å². The molecule has 7 heteroatoms. The molecule has 17 heavy (non-hydrogen) atoms. The summed E-state index contributed by atoms with van der Waals surface area (Å²) in [5, 5.41) is 20.9. The van der Waals surface area contributed by atoms with Crippen LogP contribution < -0.4 is 4.74 Å². The Labute approximate surface area is 96.6 Å². The van der Waals surface area contributed by atoms with Gasteiger partial charge in [0.25, 0.3) is 0 Å². The molecule has 0 radical (unpaired) electrons. The van der Waals surface area contributed by atoms with E-state index in [2.05, 4.69) is 0 Å². The second-order valence-electron chi connectivity index (χ2n) is 3.02. The minimum atomic E-state index is -0.637. The predicted molar refractivity (Wildman–Crippen MR) is 60.3 cm³/mol. The Kier molecular flexibility index (Phi) is 4.15. The molecule has 0 atom stereocenters. The Hall–Kier alpha value is -2.44. The number of hydrogen-bond donors (Lipinski definition) is 0. The van der Waals surface area contributed by atoms with E-state index in [4.69, 9.17) is 4.74 Å². The van der Waals surface area contributed by atoms with Crippen molar-refractivity contribution in [3.05, 3.63) is 50.2 Å². The van der Waals surface area contributed by atoms with E-state index in [0.29, 0.717) is 12.2 Å². The average Bonchev–Trinajstić information content (AvgIpc) is 2.27. The maximum atomic E-state index is 10.8. The highest BCUT2D eigenvalue weighted by molar-refractivity contribution is 5.58. The molecule has 0 saturated carbocycles. The molecule has 0 aromatic heterocycles. The van der Waals surface area contributed by atoms with Gasteiger partial charge in [-0.25, -0.2) is 0 Å². The van der Waals surface area contributed by atoms with E-state index in [-0.39, 0.29) is 11.4 Å². The van der Waals surface area contributed by atoms with Crippen LogP contribution in [0.2, 0.25) is 0 Å². The maximum absolute atomic E-state index is 10.8. The minimum Gasteiger partial charge on any atom is -0.487 e. The van der Waals surface area contributed by atoms with E-state index >= 15 is 0 Å². The number of nitrogens with zero attached hydrogens (tertiary/aromatic N) is 2. The highest BCUT2D eigenvalue weighted by atomic mass is 16.6. The SMILES string of the molecule is CCOc1ccc(/C=C/[N+](=O)[O-])cc1[N+](=O)[O-]. The van der Waals surface area contributed by atoms with Crippen LogP contribution in [0.5, 0.6) is 5.75 Å². The molecule has 0 amide bonds. The third-order valence-corrected chi connectivity index (χ3v) is 1.87. The van der Waals surface area contributed by atoms with Crippen molar-refractivity contribution in [2.24, 2.45) is 0 Å². The Morgan fingerprint density at radius 1 is 1.35 bits per heavy atom. The van der Waals surface area contributed by atoms with Crippen LogP contribution in [0.4, 0.5) is 5.69 Å². The summed E-state index contributed by atoms with van der Waals surface area (Å²) in [4.78, 5) is 19.7. The molecule has 0 aliphatic carbocycles. The van der Waals surface area contributed by atoms with Crippen LogP contribution in [0.3, 0.4) is 0 Å². The summed E-state index contributed by atoms with van der Waals surface area (Å²) < 4.78 is 5.08. The smallest absolute Gasteiger partial charge is 0.311 e. The van der Waals surface area contributed by atoms with E-state index < -0.39 is 9.85 Å². The summed E-state index contributed by atoms with van der Waals surface area (Å²) >= 11 is 0. The fourth-order valence-corrected chi connectivity index (χ4v) is 1.21. The summed E-state index contributed by atoms with van der Waals surface area (Å²) in [5.74, 6) is 0.149. The molecule has 0 heterocycles. The van der Waals surface area contributed by atoms with Crippen molar-refractivity contribution in [3.63, 3.8) is 0 Å². The van der Waals surface area contributed by atoms with Crippen LogP contribution in [0.25, 0.3) is 6.08 Å². The fraction of sp³-hybridized carbons (Fsp3) is 0.200. The summed E-state index contributed by atoms with van der Waals surface area (Å²) in [5.41, 5.74) is 0.161. The number of hydrogen-bond acceptors (Lipinski definition) is 5. The summed E-state index contributed by atoms with van der Waals surface area (Å²) in [7, 11) is 0. The lowest BCUT2D eigenvalue weighted by molar-refractivity contribution is -0.400. The zero-order chi connectivity index (χ0) is 12.8. The van der Waals surface area contributed by atoms with Gasteiger partial charge < -0.3 is 4.74 Å². The molecule has 0 bridgehead atoms. The Morgan fingerprint density at radius 3 is 2.59 bits per heavy atom. The molecule has 0 aliphatic rings. The third-order valence-electron chi connectivity index (χ3n) is 1.87. The molecule has 0 aliphatic heterocycles. The standard InChI is InChI=1S/C10H10N2O5/c1-2-17-10-4-3-8(5-6-11(13)14)7-9(10)12(15)16/h3-7H,2H2,1H3/b6-5+. The van der Waals surface area contributed by atoms with E-state index in [9.17, 15) is 20.2 Å². The van der Waals surface area contributed by atoms with Gasteiger partial charge in [-0.05, 0) is 18.6 Å². The Bertz CT molecular complexity index is 470. The largest absolute Gasteiger partial charge is 0.487 e. The van der Waals surface area contributed by atoms with Crippen molar-refractivity contribution in [2.75, 3.05) is 6.61 Å². The lowest BCUT2D eigenvalue weighted by Crippen LogP contribution is -1.97. The summed E-state index contributed by atoms with van der Waals surface area (Å²) in [6.07, 6.45) is 1.90. The van der Waals surface area contributed by atoms with E-state index in [1.165, 1.54) is 24.3 Å². The summed E-state index contributed by atoms with van der Waals surface area (Å²) in [6.45, 7) is 2.02. The highest BCUT2D eigenvalue weighted by Crippen LogP contribution is 2.28. The normalized spacial score (nSPS) is 10.4. The molecule has 7 nitrogen and oxygen atoms in total. The number of ether oxygens (including phenoxy) is 1. The number of nitro groups is 2. The minimum absolute atomic E-state index is 0.149. The van der Waals surface area contributed by atoms with Gasteiger partial charge in [-0.3, -0.25) is 20.2 Å². The van der Waals surface area contributed by atoms with Gasteiger partial charge >= 0.3 is 5.69 Å². The number of rotatable bonds is 5. The first-order valence-corrected chi connectivity index (χ1v) is 4.77. The van der Waals surface area contributed by atoms with Crippen molar-refractivity contribution in [1.82, 2.24) is 0 Å². The monoisotopic (exact) mass is 238 g/mol. The Balaban J connectivity index is 3.09. The maximum Gasteiger partial charge on any atom is 0.311 e. The zero-order valence-electron chi connectivity index (χ0n) is 9.03. The van der Waals surface area contributed by atoms with Gasteiger partial charge in [0, 0.05) is 12.1 Å². The van der Waals surface area contributed by atoms with Crippen molar-refractivity contribution >= 4 is 11.8 Å². The second kappa shape index (κ2) is 5.59. The van der Waals surface area contributed by atoms with Crippen LogP contribution in [0.15, 0.2) is 24.4 Å². The van der Waals surface area contributed by atoms with Crippen molar-refractivity contribution in [3.8, 4) is 5.75 Å². The first kappa shape index (κ1) is 12.6. The molecular formula is C10H10N2O5. The summed E-state index contributed by atoms with van der Waals surface area (Å²) in [6, 6.07) is 4.16. The average molecular weight is 238 g/mol. The van der Waals surface area contributed by atoms with Crippen molar-refractivity contribution < 1.29 is 14.6 Å². The first-order chi connectivity index (χ1) is 8.04. The molecule has 0 saturated heterocycles. The van der Waals surface area contributed by atoms with Crippen LogP contribution >= 0.6 is 0 Å². The van der Waals surface area contributed by atoms with Crippen LogP contribution in [-0.4, -0.2) is 16.5 Å². The zero-order valence-corrected chi connectivity index (χ0v) is 9.03. The van der Waals surface area contributed by atoms with Gasteiger partial charge in [-0.15, -0.1) is 0 Å². The molecule has 90 valence electrons. The van der Waals surface area contributed by atoms with Gasteiger partial charge in [0.2, 0.25) is 6.20 Å². The topological polar surface area (TPSA) is 95.5 Å². The van der Waals surface area contributed by atoms with E-state index in [1.54, 1.807) is 6.92 Å². The molecular weight excluding hydrogens is 228 g/mol. The number of nitro benzene ring substituents is 1. The molecule has 0 N–H and O–H groups in total. The fourth-order valence-electron chi connectivity index (χ4n) is 1.21. The van der Waals surface area contributed by atoms with Crippen LogP contribution in [0.1, 0.15) is 12.5 Å². The molecule has 1 aromatic carbocycles. The van der Waals surface area contributed by atoms with Gasteiger partial charge in [0.1, 0.15) is 0 Å². The van der Waals surface area contributed by atoms with Gasteiger partial charge in [0.15, 0.2) is 5.75 Å². The highest BCUT2D eigenvalue weighted by Gasteiger charge is 2.15. The van der Waals surface area contributed by atoms with Crippen molar-refractivity contribution in [2.45, 2.75) is 6.92 Å². The molecule has 1 rings (SSSR count). The lowest BCUT2D eigenvalue weighted by atomic mass is 10.2. The predicted octanol–water partition coefficient (Wildman–Crippen LogP) is 2.24. The van der Waals surface area contributed by atoms with E-state index in [0.717, 1.165) is 6.20 Å². The molecule has 1 aromatic rings.